The van der Waals surface area contributed by atoms with E-state index in [1.54, 1.807) is 6.07 Å². The number of carbonyl (C=O) groups excluding carboxylic acids is 1. The molecule has 0 radical (unpaired) electrons. The highest BCUT2D eigenvalue weighted by Gasteiger charge is 2.20. The van der Waals surface area contributed by atoms with Gasteiger partial charge in [-0.1, -0.05) is 24.3 Å². The van der Waals surface area contributed by atoms with Crippen LogP contribution in [0.3, 0.4) is 0 Å². The van der Waals surface area contributed by atoms with Gasteiger partial charge in [-0.25, -0.2) is 4.39 Å². The highest BCUT2D eigenvalue weighted by molar-refractivity contribution is 5.84. The summed E-state index contributed by atoms with van der Waals surface area (Å²) in [7, 11) is 1.38. The Morgan fingerprint density at radius 1 is 1.29 bits per heavy atom. The third-order valence-corrected chi connectivity index (χ3v) is 3.24. The van der Waals surface area contributed by atoms with Crippen LogP contribution in [0.25, 0.3) is 0 Å². The second-order valence-electron chi connectivity index (χ2n) is 4.69. The van der Waals surface area contributed by atoms with E-state index in [0.717, 1.165) is 11.3 Å². The van der Waals surface area contributed by atoms with Gasteiger partial charge < -0.3 is 15.8 Å². The van der Waals surface area contributed by atoms with Crippen molar-refractivity contribution in [2.45, 2.75) is 13.0 Å². The number of methoxy groups -OCH3 is 1. The van der Waals surface area contributed by atoms with Gasteiger partial charge >= 0.3 is 0 Å². The number of nitrogens with one attached hydrogen (secondary N) is 1. The number of primary amides is 1. The van der Waals surface area contributed by atoms with Gasteiger partial charge in [-0.3, -0.25) is 4.79 Å². The Morgan fingerprint density at radius 3 is 2.57 bits per heavy atom. The largest absolute Gasteiger partial charge is 0.494 e. The molecule has 1 amide bonds. The van der Waals surface area contributed by atoms with Crippen LogP contribution in [0.5, 0.6) is 5.75 Å². The van der Waals surface area contributed by atoms with Crippen LogP contribution in [0, 0.1) is 12.7 Å². The topological polar surface area (TPSA) is 64.3 Å². The average Bonchev–Trinajstić information content (AvgIpc) is 2.46. The van der Waals surface area contributed by atoms with E-state index < -0.39 is 17.8 Å². The molecule has 3 N–H and O–H groups in total. The number of amides is 1. The fourth-order valence-electron chi connectivity index (χ4n) is 2.07. The van der Waals surface area contributed by atoms with Gasteiger partial charge in [0.2, 0.25) is 5.91 Å². The van der Waals surface area contributed by atoms with Crippen LogP contribution in [-0.2, 0) is 4.79 Å². The molecule has 0 aromatic heterocycles. The van der Waals surface area contributed by atoms with Crippen LogP contribution in [-0.4, -0.2) is 13.0 Å². The molecular formula is C16H17FN2O2. The zero-order valence-electron chi connectivity index (χ0n) is 11.9. The highest BCUT2D eigenvalue weighted by Crippen LogP contribution is 2.25. The first-order valence-corrected chi connectivity index (χ1v) is 6.48. The zero-order chi connectivity index (χ0) is 15.4. The first-order valence-electron chi connectivity index (χ1n) is 6.48. The summed E-state index contributed by atoms with van der Waals surface area (Å²) in [5.41, 5.74) is 7.63. The number of halogens is 1. The SMILES string of the molecule is COc1ccc(C(Nc2ccccc2C)C(N)=O)cc1F. The molecule has 0 saturated heterocycles. The van der Waals surface area contributed by atoms with Crippen molar-refractivity contribution in [2.24, 2.45) is 5.73 Å². The number of benzene rings is 2. The maximum atomic E-state index is 13.8. The minimum absolute atomic E-state index is 0.123. The molecule has 2 aromatic rings. The van der Waals surface area contributed by atoms with E-state index in [1.807, 2.05) is 31.2 Å². The number of hydrogen-bond acceptors (Lipinski definition) is 3. The third kappa shape index (κ3) is 3.31. The molecule has 0 bridgehead atoms. The van der Waals surface area contributed by atoms with Crippen LogP contribution >= 0.6 is 0 Å². The van der Waals surface area contributed by atoms with Crippen LogP contribution < -0.4 is 15.8 Å². The molecule has 0 fully saturated rings. The number of nitrogens with two attached hydrogens (primary N) is 1. The first-order chi connectivity index (χ1) is 10.0. The molecule has 0 spiro atoms. The standard InChI is InChI=1S/C16H17FN2O2/c1-10-5-3-4-6-13(10)19-15(16(18)20)11-7-8-14(21-2)12(17)9-11/h3-9,15,19H,1-2H3,(H2,18,20). The summed E-state index contributed by atoms with van der Waals surface area (Å²) in [5, 5.41) is 3.05. The Bertz CT molecular complexity index is 658. The Kier molecular flexibility index (Phi) is 4.42. The second-order valence-corrected chi connectivity index (χ2v) is 4.69. The van der Waals surface area contributed by atoms with Crippen molar-refractivity contribution < 1.29 is 13.9 Å². The lowest BCUT2D eigenvalue weighted by atomic mass is 10.0. The maximum absolute atomic E-state index is 13.8. The smallest absolute Gasteiger partial charge is 0.244 e. The van der Waals surface area contributed by atoms with Gasteiger partial charge in [-0.2, -0.15) is 0 Å². The first kappa shape index (κ1) is 14.8. The van der Waals surface area contributed by atoms with Crippen molar-refractivity contribution in [3.63, 3.8) is 0 Å². The van der Waals surface area contributed by atoms with Gasteiger partial charge in [0.15, 0.2) is 11.6 Å². The number of rotatable bonds is 5. The van der Waals surface area contributed by atoms with Crippen molar-refractivity contribution in [2.75, 3.05) is 12.4 Å². The number of hydrogen-bond donors (Lipinski definition) is 2. The average molecular weight is 288 g/mol. The summed E-state index contributed by atoms with van der Waals surface area (Å²) in [5.74, 6) is -0.992. The van der Waals surface area contributed by atoms with E-state index in [1.165, 1.54) is 19.2 Å². The minimum atomic E-state index is -0.813. The van der Waals surface area contributed by atoms with Gasteiger partial charge in [-0.15, -0.1) is 0 Å². The Morgan fingerprint density at radius 2 is 2.00 bits per heavy atom. The van der Waals surface area contributed by atoms with Crippen LogP contribution in [0.4, 0.5) is 10.1 Å². The second kappa shape index (κ2) is 6.26. The van der Waals surface area contributed by atoms with Crippen LogP contribution in [0.2, 0.25) is 0 Å². The van der Waals surface area contributed by atoms with Gasteiger partial charge in [-0.05, 0) is 36.2 Å². The predicted octanol–water partition coefficient (Wildman–Crippen LogP) is 2.78. The van der Waals surface area contributed by atoms with E-state index in [0.29, 0.717) is 5.56 Å². The van der Waals surface area contributed by atoms with E-state index in [4.69, 9.17) is 10.5 Å². The molecule has 5 heteroatoms. The van der Waals surface area contributed by atoms with Crippen molar-refractivity contribution in [3.05, 3.63) is 59.4 Å². The molecule has 1 unspecified atom stereocenters. The van der Waals surface area contributed by atoms with Crippen molar-refractivity contribution in [1.29, 1.82) is 0 Å². The van der Waals surface area contributed by atoms with Gasteiger partial charge in [0.25, 0.3) is 0 Å². The molecule has 2 aromatic carbocycles. The minimum Gasteiger partial charge on any atom is -0.494 e. The Labute approximate surface area is 122 Å². The number of anilines is 1. The monoisotopic (exact) mass is 288 g/mol. The molecule has 0 aliphatic carbocycles. The lowest BCUT2D eigenvalue weighted by Gasteiger charge is -2.19. The number of ether oxygens (including phenoxy) is 1. The molecule has 2 rings (SSSR count). The summed E-state index contributed by atoms with van der Waals surface area (Å²) in [6.45, 7) is 1.91. The normalized spacial score (nSPS) is 11.8. The molecular weight excluding hydrogens is 271 g/mol. The van der Waals surface area contributed by atoms with Crippen LogP contribution in [0.15, 0.2) is 42.5 Å². The van der Waals surface area contributed by atoms with Gasteiger partial charge in [0.05, 0.1) is 7.11 Å². The Hall–Kier alpha value is -2.56. The summed E-state index contributed by atoms with van der Waals surface area (Å²) in [6.07, 6.45) is 0. The number of carbonyl (C=O) groups is 1. The quantitative estimate of drug-likeness (QED) is 0.889. The van der Waals surface area contributed by atoms with Crippen molar-refractivity contribution >= 4 is 11.6 Å². The maximum Gasteiger partial charge on any atom is 0.244 e. The molecule has 0 aliphatic rings. The number of aryl methyl sites for hydroxylation is 1. The lowest BCUT2D eigenvalue weighted by Crippen LogP contribution is -2.28. The van der Waals surface area contributed by atoms with Gasteiger partial charge in [0.1, 0.15) is 6.04 Å². The molecule has 110 valence electrons. The van der Waals surface area contributed by atoms with Gasteiger partial charge in [0, 0.05) is 5.69 Å². The van der Waals surface area contributed by atoms with E-state index in [2.05, 4.69) is 5.32 Å². The molecule has 0 heterocycles. The van der Waals surface area contributed by atoms with Crippen LogP contribution in [0.1, 0.15) is 17.2 Å². The molecule has 21 heavy (non-hydrogen) atoms. The zero-order valence-corrected chi connectivity index (χ0v) is 11.9. The third-order valence-electron chi connectivity index (χ3n) is 3.24. The van der Waals surface area contributed by atoms with Crippen molar-refractivity contribution in [1.82, 2.24) is 0 Å². The highest BCUT2D eigenvalue weighted by atomic mass is 19.1. The fourth-order valence-corrected chi connectivity index (χ4v) is 2.07. The lowest BCUT2D eigenvalue weighted by molar-refractivity contribution is -0.118. The van der Waals surface area contributed by atoms with E-state index in [9.17, 15) is 9.18 Å². The predicted molar refractivity (Wildman–Crippen MR) is 79.7 cm³/mol. The fraction of sp³-hybridized carbons (Fsp3) is 0.188. The molecule has 0 aliphatic heterocycles. The summed E-state index contributed by atoms with van der Waals surface area (Å²) >= 11 is 0. The summed E-state index contributed by atoms with van der Waals surface area (Å²) < 4.78 is 18.7. The summed E-state index contributed by atoms with van der Waals surface area (Å²) in [4.78, 5) is 11.7. The molecule has 4 nitrogen and oxygen atoms in total. The summed E-state index contributed by atoms with van der Waals surface area (Å²) in [6, 6.07) is 11.0. The molecule has 1 atom stereocenters. The Balaban J connectivity index is 2.34. The van der Waals surface area contributed by atoms with E-state index >= 15 is 0 Å². The van der Waals surface area contributed by atoms with Crippen molar-refractivity contribution in [3.8, 4) is 5.75 Å². The van der Waals surface area contributed by atoms with E-state index in [-0.39, 0.29) is 5.75 Å². The molecule has 0 saturated carbocycles. The number of para-hydroxylation sites is 1.